The van der Waals surface area contributed by atoms with E-state index in [0.717, 1.165) is 0 Å². The molecule has 1 fully saturated rings. The lowest BCUT2D eigenvalue weighted by atomic mass is 10.0. The van der Waals surface area contributed by atoms with E-state index in [4.69, 9.17) is 0 Å². The maximum atomic E-state index is 13.8. The first kappa shape index (κ1) is 18.7. The van der Waals surface area contributed by atoms with Gasteiger partial charge in [0, 0.05) is 43.8 Å². The lowest BCUT2D eigenvalue weighted by molar-refractivity contribution is 0.0941. The Hall–Kier alpha value is -3.68. The monoisotopic (exact) mass is 393 g/mol. The Morgan fingerprint density at radius 1 is 1.24 bits per heavy atom. The fourth-order valence-electron chi connectivity index (χ4n) is 3.39. The molecule has 0 bridgehead atoms. The highest BCUT2D eigenvalue weighted by Crippen LogP contribution is 2.23. The topological polar surface area (TPSA) is 79.3 Å². The molecule has 148 valence electrons. The van der Waals surface area contributed by atoms with Crippen molar-refractivity contribution in [3.8, 4) is 0 Å². The first-order chi connectivity index (χ1) is 14.0. The Kier molecular flexibility index (Phi) is 4.99. The molecule has 1 aliphatic rings. The highest BCUT2D eigenvalue weighted by molar-refractivity contribution is 5.98. The van der Waals surface area contributed by atoms with E-state index in [0.29, 0.717) is 35.7 Å². The van der Waals surface area contributed by atoms with Gasteiger partial charge in [0.2, 0.25) is 0 Å². The standard InChI is InChI=1S/C21H20FN5O2/c1-26-10-8-23-19(26)18(14-4-2-6-16(22)12-14)25-20(28)15-5-3-7-17(13-15)27-11-9-24-21(27)29/h2-8,10,12-13,18H,9,11H2,1H3,(H,24,29)(H,25,28). The van der Waals surface area contributed by atoms with E-state index >= 15 is 0 Å². The smallest absolute Gasteiger partial charge is 0.321 e. The third-order valence-corrected chi connectivity index (χ3v) is 4.85. The summed E-state index contributed by atoms with van der Waals surface area (Å²) in [5, 5.41) is 5.68. The first-order valence-electron chi connectivity index (χ1n) is 9.22. The van der Waals surface area contributed by atoms with Gasteiger partial charge in [0.25, 0.3) is 5.91 Å². The molecule has 1 aliphatic heterocycles. The van der Waals surface area contributed by atoms with Gasteiger partial charge in [-0.05, 0) is 35.9 Å². The Labute approximate surface area is 167 Å². The SMILES string of the molecule is Cn1ccnc1C(NC(=O)c1cccc(N2CCNC2=O)c1)c1cccc(F)c1. The molecule has 1 aromatic heterocycles. The van der Waals surface area contributed by atoms with Gasteiger partial charge in [-0.1, -0.05) is 18.2 Å². The van der Waals surface area contributed by atoms with E-state index in [2.05, 4.69) is 15.6 Å². The molecule has 29 heavy (non-hydrogen) atoms. The van der Waals surface area contributed by atoms with Crippen LogP contribution in [0, 0.1) is 5.82 Å². The molecular weight excluding hydrogens is 373 g/mol. The van der Waals surface area contributed by atoms with E-state index in [1.807, 2.05) is 7.05 Å². The molecule has 2 N–H and O–H groups in total. The number of halogens is 1. The Bertz CT molecular complexity index is 1060. The van der Waals surface area contributed by atoms with Gasteiger partial charge in [-0.2, -0.15) is 0 Å². The number of amides is 3. The number of aryl methyl sites for hydroxylation is 1. The number of hydrogen-bond acceptors (Lipinski definition) is 3. The Morgan fingerprint density at radius 3 is 2.76 bits per heavy atom. The molecule has 0 radical (unpaired) electrons. The maximum absolute atomic E-state index is 13.8. The van der Waals surface area contributed by atoms with Crippen LogP contribution in [0.3, 0.4) is 0 Å². The van der Waals surface area contributed by atoms with Gasteiger partial charge >= 0.3 is 6.03 Å². The van der Waals surface area contributed by atoms with E-state index in [1.54, 1.807) is 58.3 Å². The maximum Gasteiger partial charge on any atom is 0.321 e. The molecule has 1 atom stereocenters. The number of nitrogens with zero attached hydrogens (tertiary/aromatic N) is 3. The number of urea groups is 1. The first-order valence-corrected chi connectivity index (χ1v) is 9.22. The number of nitrogens with one attached hydrogen (secondary N) is 2. The van der Waals surface area contributed by atoms with Crippen LogP contribution in [0.2, 0.25) is 0 Å². The predicted molar refractivity (Wildman–Crippen MR) is 106 cm³/mol. The van der Waals surface area contributed by atoms with Crippen LogP contribution in [0.1, 0.15) is 27.8 Å². The fraction of sp³-hybridized carbons (Fsp3) is 0.190. The minimum atomic E-state index is -0.628. The molecule has 8 heteroatoms. The second-order valence-corrected chi connectivity index (χ2v) is 6.79. The van der Waals surface area contributed by atoms with Crippen LogP contribution in [0.4, 0.5) is 14.9 Å². The fourth-order valence-corrected chi connectivity index (χ4v) is 3.39. The quantitative estimate of drug-likeness (QED) is 0.699. The summed E-state index contributed by atoms with van der Waals surface area (Å²) in [6.07, 6.45) is 3.39. The molecule has 0 aliphatic carbocycles. The molecule has 1 unspecified atom stereocenters. The Balaban J connectivity index is 1.64. The number of benzene rings is 2. The van der Waals surface area contributed by atoms with Crippen LogP contribution in [-0.2, 0) is 7.05 Å². The number of carbonyl (C=O) groups is 2. The molecule has 2 aromatic carbocycles. The second kappa shape index (κ2) is 7.75. The number of rotatable bonds is 5. The lowest BCUT2D eigenvalue weighted by Crippen LogP contribution is -2.32. The number of hydrogen-bond donors (Lipinski definition) is 2. The van der Waals surface area contributed by atoms with E-state index in [-0.39, 0.29) is 11.9 Å². The summed E-state index contributed by atoms with van der Waals surface area (Å²) in [5.41, 5.74) is 1.63. The molecule has 1 saturated heterocycles. The van der Waals surface area contributed by atoms with Crippen molar-refractivity contribution in [1.29, 1.82) is 0 Å². The van der Waals surface area contributed by atoms with E-state index in [9.17, 15) is 14.0 Å². The summed E-state index contributed by atoms with van der Waals surface area (Å²) >= 11 is 0. The van der Waals surface area contributed by atoms with Crippen LogP contribution in [0.5, 0.6) is 0 Å². The van der Waals surface area contributed by atoms with Gasteiger partial charge < -0.3 is 15.2 Å². The van der Waals surface area contributed by atoms with Gasteiger partial charge in [-0.25, -0.2) is 14.2 Å². The van der Waals surface area contributed by atoms with E-state index < -0.39 is 11.9 Å². The third kappa shape index (κ3) is 3.82. The minimum absolute atomic E-state index is 0.187. The third-order valence-electron chi connectivity index (χ3n) is 4.85. The van der Waals surface area contributed by atoms with Crippen LogP contribution < -0.4 is 15.5 Å². The number of aromatic nitrogens is 2. The zero-order valence-corrected chi connectivity index (χ0v) is 15.8. The van der Waals surface area contributed by atoms with E-state index in [1.165, 1.54) is 12.1 Å². The van der Waals surface area contributed by atoms with Crippen molar-refractivity contribution >= 4 is 17.6 Å². The second-order valence-electron chi connectivity index (χ2n) is 6.79. The minimum Gasteiger partial charge on any atom is -0.338 e. The molecule has 0 spiro atoms. The molecule has 0 saturated carbocycles. The molecule has 7 nitrogen and oxygen atoms in total. The van der Waals surface area contributed by atoms with Gasteiger partial charge in [-0.15, -0.1) is 0 Å². The number of anilines is 1. The van der Waals surface area contributed by atoms with Crippen molar-refractivity contribution in [2.75, 3.05) is 18.0 Å². The summed E-state index contributed by atoms with van der Waals surface area (Å²) in [5.74, 6) is -0.152. The molecule has 2 heterocycles. The van der Waals surface area contributed by atoms with Crippen LogP contribution >= 0.6 is 0 Å². The summed E-state index contributed by atoms with van der Waals surface area (Å²) in [7, 11) is 1.81. The van der Waals surface area contributed by atoms with Gasteiger partial charge in [-0.3, -0.25) is 9.69 Å². The van der Waals surface area contributed by atoms with Crippen LogP contribution in [-0.4, -0.2) is 34.6 Å². The molecular formula is C21H20FN5O2. The summed E-state index contributed by atoms with van der Waals surface area (Å²) in [6, 6.07) is 12.1. The average Bonchev–Trinajstić information content (AvgIpc) is 3.34. The lowest BCUT2D eigenvalue weighted by Gasteiger charge is -2.20. The van der Waals surface area contributed by atoms with Crippen molar-refractivity contribution < 1.29 is 14.0 Å². The van der Waals surface area contributed by atoms with Crippen molar-refractivity contribution in [3.63, 3.8) is 0 Å². The average molecular weight is 393 g/mol. The van der Waals surface area contributed by atoms with Gasteiger partial charge in [0.05, 0.1) is 0 Å². The highest BCUT2D eigenvalue weighted by atomic mass is 19.1. The summed E-state index contributed by atoms with van der Waals surface area (Å²) in [6.45, 7) is 1.11. The van der Waals surface area contributed by atoms with Crippen LogP contribution in [0.15, 0.2) is 60.9 Å². The van der Waals surface area contributed by atoms with Crippen molar-refractivity contribution in [2.24, 2.45) is 7.05 Å². The Morgan fingerprint density at radius 2 is 2.07 bits per heavy atom. The zero-order chi connectivity index (χ0) is 20.4. The van der Waals surface area contributed by atoms with Gasteiger partial charge in [0.1, 0.15) is 17.7 Å². The number of carbonyl (C=O) groups excluding carboxylic acids is 2. The highest BCUT2D eigenvalue weighted by Gasteiger charge is 2.24. The van der Waals surface area contributed by atoms with Crippen molar-refractivity contribution in [1.82, 2.24) is 20.2 Å². The zero-order valence-electron chi connectivity index (χ0n) is 15.8. The van der Waals surface area contributed by atoms with Crippen molar-refractivity contribution in [3.05, 3.63) is 83.7 Å². The number of imidazole rings is 1. The largest absolute Gasteiger partial charge is 0.338 e. The molecule has 4 rings (SSSR count). The van der Waals surface area contributed by atoms with Crippen LogP contribution in [0.25, 0.3) is 0 Å². The van der Waals surface area contributed by atoms with Gasteiger partial charge in [0.15, 0.2) is 0 Å². The molecule has 3 aromatic rings. The summed E-state index contributed by atoms with van der Waals surface area (Å²) in [4.78, 5) is 30.8. The molecule has 3 amide bonds. The predicted octanol–water partition coefficient (Wildman–Crippen LogP) is 2.61. The van der Waals surface area contributed by atoms with Crippen molar-refractivity contribution in [2.45, 2.75) is 6.04 Å². The normalized spacial score (nSPS) is 14.6. The summed E-state index contributed by atoms with van der Waals surface area (Å²) < 4.78 is 15.6.